The van der Waals surface area contributed by atoms with Crippen molar-refractivity contribution in [3.63, 3.8) is 0 Å². The van der Waals surface area contributed by atoms with Crippen LogP contribution in [0.3, 0.4) is 0 Å². The molecule has 3 fully saturated rings. The van der Waals surface area contributed by atoms with E-state index >= 15 is 0 Å². The topological polar surface area (TPSA) is 49.4 Å². The van der Waals surface area contributed by atoms with Crippen molar-refractivity contribution in [3.05, 3.63) is 11.6 Å². The Labute approximate surface area is 124 Å². The smallest absolute Gasteiger partial charge is 0.249 e. The van der Waals surface area contributed by atoms with Crippen LogP contribution < -0.4 is 5.32 Å². The van der Waals surface area contributed by atoms with Crippen LogP contribution in [0.15, 0.2) is 11.6 Å². The van der Waals surface area contributed by atoms with Gasteiger partial charge in [0.15, 0.2) is 0 Å². The number of carbonyl (C=O) groups is 2. The second-order valence-electron chi connectivity index (χ2n) is 6.26. The predicted octanol–water partition coefficient (Wildman–Crippen LogP) is 2.32. The summed E-state index contributed by atoms with van der Waals surface area (Å²) in [5.41, 5.74) is 0.177. The molecular formula is C15H21ClN2O2. The van der Waals surface area contributed by atoms with E-state index in [2.05, 4.69) is 5.32 Å². The van der Waals surface area contributed by atoms with E-state index in [0.29, 0.717) is 6.54 Å². The lowest BCUT2D eigenvalue weighted by atomic mass is 9.83. The maximum Gasteiger partial charge on any atom is 0.249 e. The second-order valence-corrected chi connectivity index (χ2v) is 6.51. The molecule has 2 spiro atoms. The monoisotopic (exact) mass is 296 g/mol. The fourth-order valence-electron chi connectivity index (χ4n) is 4.14. The first kappa shape index (κ1) is 13.9. The molecule has 0 aromatic rings. The van der Waals surface area contributed by atoms with Crippen LogP contribution in [-0.4, -0.2) is 34.3 Å². The van der Waals surface area contributed by atoms with Gasteiger partial charge in [0.2, 0.25) is 11.8 Å². The Balaban J connectivity index is 1.96. The van der Waals surface area contributed by atoms with Crippen molar-refractivity contribution in [1.29, 1.82) is 0 Å². The Bertz CT molecular complexity index is 449. The van der Waals surface area contributed by atoms with Crippen molar-refractivity contribution < 1.29 is 9.59 Å². The number of amides is 2. The highest BCUT2D eigenvalue weighted by Gasteiger charge is 2.59. The average molecular weight is 297 g/mol. The van der Waals surface area contributed by atoms with Gasteiger partial charge in [-0.2, -0.15) is 0 Å². The molecule has 110 valence electrons. The van der Waals surface area contributed by atoms with Gasteiger partial charge in [-0.15, -0.1) is 0 Å². The Morgan fingerprint density at radius 3 is 2.30 bits per heavy atom. The number of hydrogen-bond acceptors (Lipinski definition) is 2. The van der Waals surface area contributed by atoms with Crippen LogP contribution in [0.25, 0.3) is 0 Å². The Morgan fingerprint density at radius 2 is 1.70 bits per heavy atom. The van der Waals surface area contributed by atoms with Crippen LogP contribution in [0.5, 0.6) is 0 Å². The van der Waals surface area contributed by atoms with Crippen molar-refractivity contribution >= 4 is 23.4 Å². The zero-order valence-corrected chi connectivity index (χ0v) is 12.4. The third-order valence-electron chi connectivity index (χ3n) is 5.21. The zero-order valence-electron chi connectivity index (χ0n) is 11.7. The molecule has 1 aliphatic heterocycles. The molecule has 1 saturated heterocycles. The number of halogens is 1. The first-order chi connectivity index (χ1) is 9.65. The van der Waals surface area contributed by atoms with Crippen LogP contribution in [-0.2, 0) is 9.59 Å². The highest BCUT2D eigenvalue weighted by atomic mass is 35.5. The molecule has 3 rings (SSSR count). The molecule has 0 unspecified atom stereocenters. The summed E-state index contributed by atoms with van der Waals surface area (Å²) in [6.07, 6.45) is 8.90. The van der Waals surface area contributed by atoms with Crippen molar-refractivity contribution in [2.75, 3.05) is 6.54 Å². The van der Waals surface area contributed by atoms with Gasteiger partial charge < -0.3 is 10.2 Å². The van der Waals surface area contributed by atoms with Crippen molar-refractivity contribution in [1.82, 2.24) is 10.2 Å². The van der Waals surface area contributed by atoms with Gasteiger partial charge in [-0.05, 0) is 25.7 Å². The molecule has 0 atom stereocenters. The quantitative estimate of drug-likeness (QED) is 0.850. The van der Waals surface area contributed by atoms with Crippen LogP contribution in [0.1, 0.15) is 51.4 Å². The van der Waals surface area contributed by atoms with Crippen LogP contribution in [0.2, 0.25) is 0 Å². The molecule has 0 aromatic heterocycles. The minimum atomic E-state index is -0.634. The molecule has 0 aromatic carbocycles. The van der Waals surface area contributed by atoms with E-state index in [1.165, 1.54) is 5.54 Å². The van der Waals surface area contributed by atoms with E-state index in [9.17, 15) is 9.59 Å². The van der Waals surface area contributed by atoms with Crippen LogP contribution in [0, 0.1) is 0 Å². The second kappa shape index (κ2) is 5.06. The van der Waals surface area contributed by atoms with E-state index < -0.39 is 11.1 Å². The van der Waals surface area contributed by atoms with Gasteiger partial charge in [-0.25, -0.2) is 0 Å². The molecule has 2 aliphatic carbocycles. The average Bonchev–Trinajstić information content (AvgIpc) is 3.08. The van der Waals surface area contributed by atoms with Gasteiger partial charge in [0.05, 0.1) is 0 Å². The van der Waals surface area contributed by atoms with Gasteiger partial charge in [0, 0.05) is 12.1 Å². The van der Waals surface area contributed by atoms with Gasteiger partial charge in [0.25, 0.3) is 0 Å². The summed E-state index contributed by atoms with van der Waals surface area (Å²) in [5.74, 6) is 0.158. The highest BCUT2D eigenvalue weighted by molar-refractivity contribution is 6.25. The number of carbonyl (C=O) groups excluding carboxylic acids is 2. The number of nitrogens with one attached hydrogen (secondary N) is 1. The normalized spacial score (nSPS) is 27.9. The standard InChI is InChI=1S/C15H21ClN2O2/c16-10-5-11-18-13(20)14(6-1-2-7-14)17-12(19)15(18)8-3-4-9-15/h5,10H,1-4,6-9,11H2,(H,17,19)/b10-5+. The van der Waals surface area contributed by atoms with Gasteiger partial charge in [0.1, 0.15) is 11.1 Å². The lowest BCUT2D eigenvalue weighted by Gasteiger charge is -2.50. The number of hydrogen-bond donors (Lipinski definition) is 1. The Hall–Kier alpha value is -1.03. The number of nitrogens with zero attached hydrogens (tertiary/aromatic N) is 1. The number of piperazine rings is 1. The molecule has 2 amide bonds. The van der Waals surface area contributed by atoms with E-state index in [4.69, 9.17) is 11.6 Å². The van der Waals surface area contributed by atoms with Crippen molar-refractivity contribution in [2.24, 2.45) is 0 Å². The molecule has 0 radical (unpaired) electrons. The summed E-state index contributed by atoms with van der Waals surface area (Å²) < 4.78 is 0. The van der Waals surface area contributed by atoms with E-state index in [0.717, 1.165) is 51.4 Å². The fraction of sp³-hybridized carbons (Fsp3) is 0.733. The molecular weight excluding hydrogens is 276 g/mol. The summed E-state index contributed by atoms with van der Waals surface area (Å²) in [7, 11) is 0. The molecule has 20 heavy (non-hydrogen) atoms. The maximum atomic E-state index is 13.0. The molecule has 2 saturated carbocycles. The lowest BCUT2D eigenvalue weighted by Crippen LogP contribution is -2.74. The first-order valence-corrected chi connectivity index (χ1v) is 7.98. The van der Waals surface area contributed by atoms with E-state index in [1.54, 1.807) is 6.08 Å². The summed E-state index contributed by atoms with van der Waals surface area (Å²) >= 11 is 5.63. The van der Waals surface area contributed by atoms with Gasteiger partial charge in [-0.3, -0.25) is 9.59 Å². The molecule has 4 nitrogen and oxygen atoms in total. The zero-order chi connectivity index (χ0) is 14.2. The van der Waals surface area contributed by atoms with Gasteiger partial charge >= 0.3 is 0 Å². The molecule has 1 N–H and O–H groups in total. The third-order valence-corrected chi connectivity index (χ3v) is 5.39. The number of rotatable bonds is 2. The van der Waals surface area contributed by atoms with Crippen LogP contribution in [0.4, 0.5) is 0 Å². The summed E-state index contributed by atoms with van der Waals surface area (Å²) in [6.45, 7) is 0.442. The molecule has 5 heteroatoms. The third kappa shape index (κ3) is 1.88. The summed E-state index contributed by atoms with van der Waals surface area (Å²) in [6, 6.07) is 0. The largest absolute Gasteiger partial charge is 0.340 e. The van der Waals surface area contributed by atoms with E-state index in [-0.39, 0.29) is 11.8 Å². The Kier molecular flexibility index (Phi) is 3.53. The van der Waals surface area contributed by atoms with Crippen LogP contribution >= 0.6 is 11.6 Å². The SMILES string of the molecule is O=C1N(C/C=C/Cl)C2(CCCC2)C(=O)NC12CCCC2. The minimum absolute atomic E-state index is 0.0551. The molecule has 0 bridgehead atoms. The van der Waals surface area contributed by atoms with Crippen molar-refractivity contribution in [2.45, 2.75) is 62.4 Å². The minimum Gasteiger partial charge on any atom is -0.340 e. The first-order valence-electron chi connectivity index (χ1n) is 7.55. The lowest BCUT2D eigenvalue weighted by molar-refractivity contribution is -0.162. The molecule has 3 aliphatic rings. The predicted molar refractivity (Wildman–Crippen MR) is 77.2 cm³/mol. The van der Waals surface area contributed by atoms with Crippen molar-refractivity contribution in [3.8, 4) is 0 Å². The fourth-order valence-corrected chi connectivity index (χ4v) is 4.22. The van der Waals surface area contributed by atoms with E-state index in [1.807, 2.05) is 4.90 Å². The summed E-state index contributed by atoms with van der Waals surface area (Å²) in [4.78, 5) is 27.5. The highest BCUT2D eigenvalue weighted by Crippen LogP contribution is 2.43. The molecule has 1 heterocycles. The Morgan fingerprint density at radius 1 is 1.10 bits per heavy atom. The van der Waals surface area contributed by atoms with Gasteiger partial charge in [-0.1, -0.05) is 43.4 Å². The summed E-state index contributed by atoms with van der Waals surface area (Å²) in [5, 5.41) is 3.09. The maximum absolute atomic E-state index is 13.0.